The molecule has 9 heteroatoms. The average molecular weight is 471 g/mol. The average Bonchev–Trinajstić information content (AvgIpc) is 2.78. The SMILES string of the molecule is COc1ccc(CNc2ccccc2NS(=O)(=O)c2ccc(Cl)cc2)c2ccc(=O)oc12. The highest BCUT2D eigenvalue weighted by Gasteiger charge is 2.16. The molecule has 0 aliphatic heterocycles. The molecule has 4 aromatic rings. The molecule has 0 radical (unpaired) electrons. The molecule has 3 aromatic carbocycles. The van der Waals surface area contributed by atoms with Gasteiger partial charge in [-0.05, 0) is 54.1 Å². The van der Waals surface area contributed by atoms with Crippen molar-refractivity contribution in [2.24, 2.45) is 0 Å². The van der Waals surface area contributed by atoms with E-state index in [2.05, 4.69) is 10.0 Å². The van der Waals surface area contributed by atoms with Crippen LogP contribution in [0.1, 0.15) is 5.56 Å². The van der Waals surface area contributed by atoms with Gasteiger partial charge in [0, 0.05) is 23.0 Å². The maximum atomic E-state index is 12.8. The van der Waals surface area contributed by atoms with E-state index in [-0.39, 0.29) is 4.90 Å². The summed E-state index contributed by atoms with van der Waals surface area (Å²) in [5.41, 5.74) is 1.72. The van der Waals surface area contributed by atoms with Gasteiger partial charge in [-0.2, -0.15) is 0 Å². The fourth-order valence-corrected chi connectivity index (χ4v) is 4.45. The Morgan fingerprint density at radius 2 is 1.66 bits per heavy atom. The van der Waals surface area contributed by atoms with E-state index in [0.717, 1.165) is 10.9 Å². The molecule has 32 heavy (non-hydrogen) atoms. The fourth-order valence-electron chi connectivity index (χ4n) is 3.24. The second-order valence-electron chi connectivity index (χ2n) is 6.88. The lowest BCUT2D eigenvalue weighted by atomic mass is 10.1. The van der Waals surface area contributed by atoms with Crippen LogP contribution in [0, 0.1) is 0 Å². The topological polar surface area (TPSA) is 97.6 Å². The van der Waals surface area contributed by atoms with E-state index in [1.807, 2.05) is 6.07 Å². The van der Waals surface area contributed by atoms with Gasteiger partial charge in [0.15, 0.2) is 11.3 Å². The Labute approximate surface area is 189 Å². The number of fused-ring (bicyclic) bond motifs is 1. The Bertz CT molecular complexity index is 1430. The van der Waals surface area contributed by atoms with Gasteiger partial charge < -0.3 is 14.5 Å². The van der Waals surface area contributed by atoms with Gasteiger partial charge >= 0.3 is 5.63 Å². The Morgan fingerprint density at radius 1 is 0.938 bits per heavy atom. The summed E-state index contributed by atoms with van der Waals surface area (Å²) in [7, 11) is -2.30. The van der Waals surface area contributed by atoms with Crippen molar-refractivity contribution < 1.29 is 17.6 Å². The number of ether oxygens (including phenoxy) is 1. The zero-order chi connectivity index (χ0) is 22.7. The van der Waals surface area contributed by atoms with Crippen molar-refractivity contribution in [2.45, 2.75) is 11.4 Å². The van der Waals surface area contributed by atoms with Crippen LogP contribution in [0.2, 0.25) is 5.02 Å². The van der Waals surface area contributed by atoms with Crippen LogP contribution < -0.4 is 20.4 Å². The van der Waals surface area contributed by atoms with E-state index >= 15 is 0 Å². The maximum Gasteiger partial charge on any atom is 0.336 e. The second kappa shape index (κ2) is 8.94. The highest BCUT2D eigenvalue weighted by Crippen LogP contribution is 2.29. The van der Waals surface area contributed by atoms with Gasteiger partial charge in [-0.1, -0.05) is 29.8 Å². The van der Waals surface area contributed by atoms with E-state index in [1.54, 1.807) is 36.4 Å². The fraction of sp³-hybridized carbons (Fsp3) is 0.0870. The summed E-state index contributed by atoms with van der Waals surface area (Å²) in [6.45, 7) is 0.355. The minimum atomic E-state index is -3.80. The molecule has 0 amide bonds. The molecule has 0 atom stereocenters. The Balaban J connectivity index is 1.61. The molecule has 164 valence electrons. The first-order valence-electron chi connectivity index (χ1n) is 9.58. The van der Waals surface area contributed by atoms with E-state index in [0.29, 0.717) is 34.3 Å². The predicted octanol–water partition coefficient (Wildman–Crippen LogP) is 4.87. The van der Waals surface area contributed by atoms with Crippen LogP contribution in [0.3, 0.4) is 0 Å². The maximum absolute atomic E-state index is 12.8. The first kappa shape index (κ1) is 21.7. The summed E-state index contributed by atoms with van der Waals surface area (Å²) in [5, 5.41) is 4.42. The quantitative estimate of drug-likeness (QED) is 0.374. The first-order chi connectivity index (χ1) is 15.4. The van der Waals surface area contributed by atoms with Crippen LogP contribution in [0.25, 0.3) is 11.0 Å². The normalized spacial score (nSPS) is 11.3. The van der Waals surface area contributed by atoms with Crippen molar-refractivity contribution in [3.05, 3.63) is 93.8 Å². The number of sulfonamides is 1. The van der Waals surface area contributed by atoms with E-state index in [9.17, 15) is 13.2 Å². The molecule has 7 nitrogen and oxygen atoms in total. The molecule has 0 aliphatic carbocycles. The summed E-state index contributed by atoms with van der Waals surface area (Å²) in [6, 6.07) is 19.5. The summed E-state index contributed by atoms with van der Waals surface area (Å²) in [4.78, 5) is 11.7. The highest BCUT2D eigenvalue weighted by molar-refractivity contribution is 7.92. The third-order valence-corrected chi connectivity index (χ3v) is 6.46. The van der Waals surface area contributed by atoms with Gasteiger partial charge in [0.2, 0.25) is 0 Å². The summed E-state index contributed by atoms with van der Waals surface area (Å²) in [6.07, 6.45) is 0. The number of para-hydroxylation sites is 2. The number of hydrogen-bond donors (Lipinski definition) is 2. The zero-order valence-electron chi connectivity index (χ0n) is 17.0. The molecular weight excluding hydrogens is 452 g/mol. The molecule has 0 spiro atoms. The molecule has 0 saturated heterocycles. The Morgan fingerprint density at radius 3 is 2.38 bits per heavy atom. The van der Waals surface area contributed by atoms with Gasteiger partial charge in [0.1, 0.15) is 0 Å². The van der Waals surface area contributed by atoms with E-state index < -0.39 is 15.6 Å². The summed E-state index contributed by atoms with van der Waals surface area (Å²) < 4.78 is 38.8. The summed E-state index contributed by atoms with van der Waals surface area (Å²) >= 11 is 5.86. The van der Waals surface area contributed by atoms with Crippen molar-refractivity contribution in [2.75, 3.05) is 17.1 Å². The number of halogens is 1. The third kappa shape index (κ3) is 4.56. The van der Waals surface area contributed by atoms with Gasteiger partial charge in [-0.15, -0.1) is 0 Å². The van der Waals surface area contributed by atoms with Gasteiger partial charge in [0.25, 0.3) is 10.0 Å². The molecule has 2 N–H and O–H groups in total. The van der Waals surface area contributed by atoms with Crippen LogP contribution >= 0.6 is 11.6 Å². The number of anilines is 2. The lowest BCUT2D eigenvalue weighted by Crippen LogP contribution is -2.14. The number of methoxy groups -OCH3 is 1. The van der Waals surface area contributed by atoms with Crippen LogP contribution in [0.15, 0.2) is 86.9 Å². The molecule has 0 unspecified atom stereocenters. The minimum Gasteiger partial charge on any atom is -0.493 e. The van der Waals surface area contributed by atoms with Crippen LogP contribution in [0.5, 0.6) is 5.75 Å². The van der Waals surface area contributed by atoms with Crippen LogP contribution in [-0.2, 0) is 16.6 Å². The molecule has 0 bridgehead atoms. The van der Waals surface area contributed by atoms with Crippen molar-refractivity contribution in [3.8, 4) is 5.75 Å². The Hall–Kier alpha value is -3.49. The minimum absolute atomic E-state index is 0.105. The Kier molecular flexibility index (Phi) is 6.07. The molecule has 1 aromatic heterocycles. The second-order valence-corrected chi connectivity index (χ2v) is 9.00. The van der Waals surface area contributed by atoms with Crippen molar-refractivity contribution in [1.29, 1.82) is 0 Å². The van der Waals surface area contributed by atoms with Crippen molar-refractivity contribution in [1.82, 2.24) is 0 Å². The lowest BCUT2D eigenvalue weighted by Gasteiger charge is -2.15. The molecular formula is C23H19ClN2O5S. The van der Waals surface area contributed by atoms with Crippen molar-refractivity contribution >= 4 is 44.0 Å². The molecule has 4 rings (SSSR count). The number of hydrogen-bond acceptors (Lipinski definition) is 6. The predicted molar refractivity (Wildman–Crippen MR) is 125 cm³/mol. The standard InChI is InChI=1S/C23H19ClN2O5S/c1-30-21-12-6-15(18-11-13-22(27)31-23(18)21)14-25-19-4-2-3-5-20(19)26-32(28,29)17-9-7-16(24)8-10-17/h2-13,25-26H,14H2,1H3. The number of rotatable bonds is 7. The van der Waals surface area contributed by atoms with Crippen molar-refractivity contribution in [3.63, 3.8) is 0 Å². The van der Waals surface area contributed by atoms with Gasteiger partial charge in [-0.25, -0.2) is 13.2 Å². The van der Waals surface area contributed by atoms with E-state index in [4.69, 9.17) is 20.8 Å². The van der Waals surface area contributed by atoms with Gasteiger partial charge in [0.05, 0.1) is 23.4 Å². The smallest absolute Gasteiger partial charge is 0.336 e. The molecule has 0 fully saturated rings. The van der Waals surface area contributed by atoms with Crippen LogP contribution in [0.4, 0.5) is 11.4 Å². The molecule has 1 heterocycles. The van der Waals surface area contributed by atoms with Gasteiger partial charge in [-0.3, -0.25) is 4.72 Å². The number of nitrogens with one attached hydrogen (secondary N) is 2. The largest absolute Gasteiger partial charge is 0.493 e. The van der Waals surface area contributed by atoms with Crippen LogP contribution in [-0.4, -0.2) is 15.5 Å². The molecule has 0 aliphatic rings. The lowest BCUT2D eigenvalue weighted by molar-refractivity contribution is 0.406. The zero-order valence-corrected chi connectivity index (χ0v) is 18.5. The van der Waals surface area contributed by atoms with E-state index in [1.165, 1.54) is 37.4 Å². The first-order valence-corrected chi connectivity index (χ1v) is 11.4. The monoisotopic (exact) mass is 470 g/mol. The number of benzene rings is 3. The molecule has 0 saturated carbocycles. The highest BCUT2D eigenvalue weighted by atomic mass is 35.5. The third-order valence-electron chi connectivity index (χ3n) is 4.82. The summed E-state index contributed by atoms with van der Waals surface area (Å²) in [5.74, 6) is 0.456.